The van der Waals surface area contributed by atoms with Gasteiger partial charge in [-0.25, -0.2) is 4.79 Å². The minimum atomic E-state index is -0.427. The van der Waals surface area contributed by atoms with E-state index in [0.29, 0.717) is 29.4 Å². The predicted octanol–water partition coefficient (Wildman–Crippen LogP) is 2.16. The average molecular weight is 284 g/mol. The summed E-state index contributed by atoms with van der Waals surface area (Å²) in [7, 11) is 1.33. The molecule has 1 heterocycles. The number of hydrogen-bond donors (Lipinski definition) is 2. The minimum absolute atomic E-state index is 0.105. The van der Waals surface area contributed by atoms with Gasteiger partial charge in [0.2, 0.25) is 5.91 Å². The number of anilines is 1. The lowest BCUT2D eigenvalue weighted by molar-refractivity contribution is -0.116. The molecule has 0 aliphatic heterocycles. The molecule has 1 atom stereocenters. The van der Waals surface area contributed by atoms with Crippen molar-refractivity contribution < 1.29 is 14.3 Å². The Morgan fingerprint density at radius 3 is 2.79 bits per heavy atom. The van der Waals surface area contributed by atoms with Crippen molar-refractivity contribution in [3.8, 4) is 0 Å². The first-order chi connectivity index (χ1) is 8.99. The Morgan fingerprint density at radius 1 is 1.53 bits per heavy atom. The smallest absolute Gasteiger partial charge is 0.350 e. The van der Waals surface area contributed by atoms with Crippen LogP contribution in [0.3, 0.4) is 0 Å². The van der Waals surface area contributed by atoms with E-state index in [1.54, 1.807) is 0 Å². The highest BCUT2D eigenvalue weighted by Crippen LogP contribution is 2.28. The number of carbonyl (C=O) groups is 2. The zero-order valence-electron chi connectivity index (χ0n) is 11.5. The summed E-state index contributed by atoms with van der Waals surface area (Å²) in [4.78, 5) is 23.8. The lowest BCUT2D eigenvalue weighted by Gasteiger charge is -2.09. The van der Waals surface area contributed by atoms with E-state index < -0.39 is 5.97 Å². The van der Waals surface area contributed by atoms with Crippen LogP contribution >= 0.6 is 11.3 Å². The number of amides is 1. The van der Waals surface area contributed by atoms with Gasteiger partial charge in [-0.3, -0.25) is 4.79 Å². The number of hydrogen-bond acceptors (Lipinski definition) is 5. The molecule has 1 rings (SSSR count). The second-order valence-corrected chi connectivity index (χ2v) is 5.42. The van der Waals surface area contributed by atoms with E-state index in [1.165, 1.54) is 18.4 Å². The highest BCUT2D eigenvalue weighted by Gasteiger charge is 2.18. The molecule has 0 saturated carbocycles. The molecule has 106 valence electrons. The second kappa shape index (κ2) is 7.25. The molecule has 0 bridgehead atoms. The topological polar surface area (TPSA) is 81.4 Å². The molecule has 1 unspecified atom stereocenters. The van der Waals surface area contributed by atoms with E-state index in [2.05, 4.69) is 5.32 Å². The molecule has 0 saturated heterocycles. The van der Waals surface area contributed by atoms with Gasteiger partial charge in [0.15, 0.2) is 0 Å². The Labute approximate surface area is 117 Å². The molecule has 1 amide bonds. The predicted molar refractivity (Wildman–Crippen MR) is 76.5 cm³/mol. The third-order valence-corrected chi connectivity index (χ3v) is 3.95. The summed E-state index contributed by atoms with van der Waals surface area (Å²) in [6.45, 7) is 4.42. The zero-order chi connectivity index (χ0) is 14.4. The molecule has 0 radical (unpaired) electrons. The summed E-state index contributed by atoms with van der Waals surface area (Å²) < 4.78 is 4.69. The Balaban J connectivity index is 2.68. The lowest BCUT2D eigenvalue weighted by Crippen LogP contribution is -2.17. The van der Waals surface area contributed by atoms with Gasteiger partial charge in [0.25, 0.3) is 0 Å². The van der Waals surface area contributed by atoms with Gasteiger partial charge in [-0.15, -0.1) is 11.3 Å². The van der Waals surface area contributed by atoms with Crippen LogP contribution < -0.4 is 11.1 Å². The fourth-order valence-corrected chi connectivity index (χ4v) is 2.46. The van der Waals surface area contributed by atoms with Crippen LogP contribution in [0, 0.1) is 12.8 Å². The number of esters is 1. The SMILES string of the molecule is COC(=O)c1scc(C)c1NC(=O)CCC(C)CN. The van der Waals surface area contributed by atoms with Crippen molar-refractivity contribution in [3.63, 3.8) is 0 Å². The van der Waals surface area contributed by atoms with Crippen molar-refractivity contribution in [2.24, 2.45) is 11.7 Å². The van der Waals surface area contributed by atoms with Crippen LogP contribution in [-0.4, -0.2) is 25.5 Å². The maximum Gasteiger partial charge on any atom is 0.350 e. The number of nitrogens with one attached hydrogen (secondary N) is 1. The number of methoxy groups -OCH3 is 1. The maximum absolute atomic E-state index is 11.8. The molecule has 0 spiro atoms. The van der Waals surface area contributed by atoms with Crippen molar-refractivity contribution in [1.29, 1.82) is 0 Å². The van der Waals surface area contributed by atoms with E-state index in [0.717, 1.165) is 12.0 Å². The molecule has 19 heavy (non-hydrogen) atoms. The molecule has 0 aliphatic rings. The van der Waals surface area contributed by atoms with Crippen molar-refractivity contribution in [2.45, 2.75) is 26.7 Å². The van der Waals surface area contributed by atoms with Gasteiger partial charge in [0.05, 0.1) is 12.8 Å². The van der Waals surface area contributed by atoms with Crippen LogP contribution in [0.4, 0.5) is 5.69 Å². The van der Waals surface area contributed by atoms with Crippen molar-refractivity contribution >= 4 is 28.9 Å². The van der Waals surface area contributed by atoms with Crippen molar-refractivity contribution in [3.05, 3.63) is 15.8 Å². The molecule has 3 N–H and O–H groups in total. The summed E-state index contributed by atoms with van der Waals surface area (Å²) in [6.07, 6.45) is 1.13. The highest BCUT2D eigenvalue weighted by molar-refractivity contribution is 7.12. The Bertz CT molecular complexity index is 457. The van der Waals surface area contributed by atoms with Gasteiger partial charge in [-0.05, 0) is 36.8 Å². The van der Waals surface area contributed by atoms with Gasteiger partial charge in [0.1, 0.15) is 4.88 Å². The van der Waals surface area contributed by atoms with Crippen LogP contribution in [-0.2, 0) is 9.53 Å². The van der Waals surface area contributed by atoms with E-state index >= 15 is 0 Å². The molecule has 1 aromatic rings. The molecule has 0 aliphatic carbocycles. The van der Waals surface area contributed by atoms with Crippen LogP contribution in [0.5, 0.6) is 0 Å². The molecule has 0 aromatic carbocycles. The van der Waals surface area contributed by atoms with Crippen LogP contribution in [0.1, 0.15) is 35.0 Å². The number of rotatable bonds is 6. The largest absolute Gasteiger partial charge is 0.465 e. The number of carbonyl (C=O) groups excluding carboxylic acids is 2. The zero-order valence-corrected chi connectivity index (χ0v) is 12.3. The monoisotopic (exact) mass is 284 g/mol. The van der Waals surface area contributed by atoms with Gasteiger partial charge in [0, 0.05) is 6.42 Å². The molecule has 0 fully saturated rings. The van der Waals surface area contributed by atoms with Crippen LogP contribution in [0.2, 0.25) is 0 Å². The number of ether oxygens (including phenoxy) is 1. The molecule has 5 nitrogen and oxygen atoms in total. The summed E-state index contributed by atoms with van der Waals surface area (Å²) in [6, 6.07) is 0. The average Bonchev–Trinajstić information content (AvgIpc) is 2.76. The van der Waals surface area contributed by atoms with Crippen LogP contribution in [0.25, 0.3) is 0 Å². The first-order valence-corrected chi connectivity index (χ1v) is 7.03. The number of nitrogens with two attached hydrogens (primary N) is 1. The van der Waals surface area contributed by atoms with Crippen molar-refractivity contribution in [2.75, 3.05) is 19.0 Å². The Morgan fingerprint density at radius 2 is 2.21 bits per heavy atom. The summed E-state index contributed by atoms with van der Waals surface area (Å²) in [5.41, 5.74) is 6.93. The first kappa shape index (κ1) is 15.7. The van der Waals surface area contributed by atoms with Gasteiger partial charge >= 0.3 is 5.97 Å². The minimum Gasteiger partial charge on any atom is -0.465 e. The maximum atomic E-state index is 11.8. The lowest BCUT2D eigenvalue weighted by atomic mass is 10.1. The van der Waals surface area contributed by atoms with Crippen LogP contribution in [0.15, 0.2) is 5.38 Å². The fraction of sp³-hybridized carbons (Fsp3) is 0.538. The van der Waals surface area contributed by atoms with Gasteiger partial charge in [-0.1, -0.05) is 6.92 Å². The molecular weight excluding hydrogens is 264 g/mol. The van der Waals surface area contributed by atoms with Gasteiger partial charge in [-0.2, -0.15) is 0 Å². The van der Waals surface area contributed by atoms with Crippen molar-refractivity contribution in [1.82, 2.24) is 0 Å². The third kappa shape index (κ3) is 4.33. The Kier molecular flexibility index (Phi) is 5.98. The van der Waals surface area contributed by atoms with E-state index in [-0.39, 0.29) is 5.91 Å². The first-order valence-electron chi connectivity index (χ1n) is 6.15. The standard InChI is InChI=1S/C13H20N2O3S/c1-8(6-14)4-5-10(16)15-11-9(2)7-19-12(11)13(17)18-3/h7-8H,4-6,14H2,1-3H3,(H,15,16). The summed E-state index contributed by atoms with van der Waals surface area (Å²) in [5.74, 6) is -0.218. The normalized spacial score (nSPS) is 12.0. The number of thiophene rings is 1. The third-order valence-electron chi connectivity index (χ3n) is 2.88. The fourth-order valence-electron chi connectivity index (χ4n) is 1.54. The Hall–Kier alpha value is -1.40. The highest BCUT2D eigenvalue weighted by atomic mass is 32.1. The number of aryl methyl sites for hydroxylation is 1. The quantitative estimate of drug-likeness (QED) is 0.784. The molecule has 1 aromatic heterocycles. The molecular formula is C13H20N2O3S. The molecule has 6 heteroatoms. The van der Waals surface area contributed by atoms with Gasteiger partial charge < -0.3 is 15.8 Å². The summed E-state index contributed by atoms with van der Waals surface area (Å²) >= 11 is 1.27. The second-order valence-electron chi connectivity index (χ2n) is 4.54. The van der Waals surface area contributed by atoms with E-state index in [4.69, 9.17) is 10.5 Å². The van der Waals surface area contributed by atoms with E-state index in [1.807, 2.05) is 19.2 Å². The van der Waals surface area contributed by atoms with E-state index in [9.17, 15) is 9.59 Å². The summed E-state index contributed by atoms with van der Waals surface area (Å²) in [5, 5.41) is 4.61.